The molecule has 34 heavy (non-hydrogen) atoms. The molecule has 0 atom stereocenters. The number of aromatic nitrogens is 1. The first kappa shape index (κ1) is 23.7. The molecule has 0 aliphatic rings. The molecule has 0 amide bonds. The second-order valence-electron chi connectivity index (χ2n) is 7.61. The molecule has 0 unspecified atom stereocenters. The molecule has 1 heterocycles. The Bertz CT molecular complexity index is 1480. The van der Waals surface area contributed by atoms with E-state index >= 15 is 0 Å². The molecule has 4 rings (SSSR count). The SMILES string of the molecule is CCN(c1cccc(OC)c1)S(=O)(=O)c1cc(-c2[nH]c3ccccc3c2CC(=O)O)ccc1Cl. The lowest BCUT2D eigenvalue weighted by molar-refractivity contribution is -0.136. The van der Waals surface area contributed by atoms with Gasteiger partial charge in [0.1, 0.15) is 10.6 Å². The maximum absolute atomic E-state index is 13.7. The molecule has 7 nitrogen and oxygen atoms in total. The lowest BCUT2D eigenvalue weighted by Crippen LogP contribution is -2.31. The number of methoxy groups -OCH3 is 1. The van der Waals surface area contributed by atoms with Gasteiger partial charge in [-0.3, -0.25) is 9.10 Å². The van der Waals surface area contributed by atoms with Crippen LogP contribution in [0.4, 0.5) is 5.69 Å². The van der Waals surface area contributed by atoms with Gasteiger partial charge in [-0.15, -0.1) is 0 Å². The summed E-state index contributed by atoms with van der Waals surface area (Å²) in [7, 11) is -2.53. The van der Waals surface area contributed by atoms with Gasteiger partial charge in [0.25, 0.3) is 10.0 Å². The quantitative estimate of drug-likeness (QED) is 0.341. The van der Waals surface area contributed by atoms with Gasteiger partial charge in [-0.05, 0) is 48.4 Å². The third-order valence-electron chi connectivity index (χ3n) is 5.56. The Hall–Kier alpha value is -3.49. The molecule has 9 heteroatoms. The Morgan fingerprint density at radius 1 is 1.09 bits per heavy atom. The minimum absolute atomic E-state index is 0.0704. The third-order valence-corrected chi connectivity index (χ3v) is 7.94. The van der Waals surface area contributed by atoms with E-state index in [4.69, 9.17) is 16.3 Å². The predicted molar refractivity (Wildman–Crippen MR) is 133 cm³/mol. The highest BCUT2D eigenvalue weighted by atomic mass is 35.5. The van der Waals surface area contributed by atoms with Crippen LogP contribution in [-0.4, -0.2) is 38.1 Å². The molecule has 0 aliphatic heterocycles. The fraction of sp³-hybridized carbons (Fsp3) is 0.160. The minimum atomic E-state index is -4.04. The number of nitrogens with zero attached hydrogens (tertiary/aromatic N) is 1. The zero-order valence-corrected chi connectivity index (χ0v) is 20.2. The molecular weight excluding hydrogens is 476 g/mol. The highest BCUT2D eigenvalue weighted by Crippen LogP contribution is 2.36. The second-order valence-corrected chi connectivity index (χ2v) is 9.85. The number of aliphatic carboxylic acids is 1. The van der Waals surface area contributed by atoms with Crippen LogP contribution < -0.4 is 9.04 Å². The predicted octanol–water partition coefficient (Wildman–Crippen LogP) is 5.34. The highest BCUT2D eigenvalue weighted by molar-refractivity contribution is 7.93. The van der Waals surface area contributed by atoms with Gasteiger partial charge in [-0.2, -0.15) is 0 Å². The molecule has 0 saturated heterocycles. The van der Waals surface area contributed by atoms with Crippen LogP contribution in [0.2, 0.25) is 5.02 Å². The Balaban J connectivity index is 1.86. The summed E-state index contributed by atoms with van der Waals surface area (Å²) >= 11 is 6.38. The van der Waals surface area contributed by atoms with Crippen molar-refractivity contribution in [1.82, 2.24) is 4.98 Å². The molecular formula is C25H23ClN2O5S. The summed E-state index contributed by atoms with van der Waals surface area (Å²) in [5, 5.41) is 10.3. The number of halogens is 1. The van der Waals surface area contributed by atoms with Gasteiger partial charge in [0, 0.05) is 23.5 Å². The van der Waals surface area contributed by atoms with Gasteiger partial charge < -0.3 is 14.8 Å². The summed E-state index contributed by atoms with van der Waals surface area (Å²) in [6.45, 7) is 1.91. The summed E-state index contributed by atoms with van der Waals surface area (Å²) in [5.74, 6) is -0.453. The van der Waals surface area contributed by atoms with E-state index in [1.807, 2.05) is 24.3 Å². The van der Waals surface area contributed by atoms with Crippen LogP contribution in [0, 0.1) is 0 Å². The van der Waals surface area contributed by atoms with Crippen LogP contribution in [0.25, 0.3) is 22.2 Å². The minimum Gasteiger partial charge on any atom is -0.497 e. The monoisotopic (exact) mass is 498 g/mol. The van der Waals surface area contributed by atoms with E-state index in [2.05, 4.69) is 4.98 Å². The molecule has 0 fully saturated rings. The average molecular weight is 499 g/mol. The molecule has 2 N–H and O–H groups in total. The van der Waals surface area contributed by atoms with Crippen molar-refractivity contribution in [2.45, 2.75) is 18.2 Å². The number of carboxylic acid groups (broad SMARTS) is 1. The zero-order chi connectivity index (χ0) is 24.5. The summed E-state index contributed by atoms with van der Waals surface area (Å²) in [4.78, 5) is 14.7. The average Bonchev–Trinajstić information content (AvgIpc) is 3.17. The number of hydrogen-bond acceptors (Lipinski definition) is 4. The fourth-order valence-corrected chi connectivity index (χ4v) is 5.98. The molecule has 0 bridgehead atoms. The van der Waals surface area contributed by atoms with Gasteiger partial charge in [0.2, 0.25) is 0 Å². The van der Waals surface area contributed by atoms with E-state index in [0.29, 0.717) is 28.3 Å². The molecule has 0 radical (unpaired) electrons. The Kier molecular flexibility index (Phi) is 6.54. The Morgan fingerprint density at radius 3 is 2.56 bits per heavy atom. The Morgan fingerprint density at radius 2 is 1.85 bits per heavy atom. The second kappa shape index (κ2) is 9.40. The van der Waals surface area contributed by atoms with Crippen molar-refractivity contribution in [3.05, 3.63) is 77.3 Å². The van der Waals surface area contributed by atoms with Crippen LogP contribution in [0.3, 0.4) is 0 Å². The van der Waals surface area contributed by atoms with Crippen molar-refractivity contribution in [2.75, 3.05) is 18.0 Å². The first-order valence-corrected chi connectivity index (χ1v) is 12.4. The molecule has 4 aromatic rings. The number of anilines is 1. The molecule has 1 aromatic heterocycles. The van der Waals surface area contributed by atoms with Crippen molar-refractivity contribution in [1.29, 1.82) is 0 Å². The summed E-state index contributed by atoms with van der Waals surface area (Å²) in [5.41, 5.74) is 2.85. The number of carbonyl (C=O) groups is 1. The first-order valence-electron chi connectivity index (χ1n) is 10.5. The number of H-pyrrole nitrogens is 1. The number of para-hydroxylation sites is 1. The first-order chi connectivity index (χ1) is 16.3. The Labute approximate surface area is 202 Å². The van der Waals surface area contributed by atoms with Crippen LogP contribution in [0.15, 0.2) is 71.6 Å². The third kappa shape index (κ3) is 4.34. The summed E-state index contributed by atoms with van der Waals surface area (Å²) in [6.07, 6.45) is -0.213. The van der Waals surface area contributed by atoms with Gasteiger partial charge in [0.05, 0.1) is 29.9 Å². The number of ether oxygens (including phenoxy) is 1. The number of nitrogens with one attached hydrogen (secondary N) is 1. The topological polar surface area (TPSA) is 99.7 Å². The summed E-state index contributed by atoms with van der Waals surface area (Å²) < 4.78 is 33.9. The lowest BCUT2D eigenvalue weighted by Gasteiger charge is -2.24. The van der Waals surface area contributed by atoms with E-state index in [9.17, 15) is 18.3 Å². The van der Waals surface area contributed by atoms with E-state index in [1.54, 1.807) is 37.3 Å². The van der Waals surface area contributed by atoms with E-state index in [0.717, 1.165) is 10.9 Å². The highest BCUT2D eigenvalue weighted by Gasteiger charge is 2.28. The molecule has 0 aliphatic carbocycles. The van der Waals surface area contributed by atoms with Crippen molar-refractivity contribution >= 4 is 44.2 Å². The molecule has 176 valence electrons. The van der Waals surface area contributed by atoms with Crippen molar-refractivity contribution < 1.29 is 23.1 Å². The molecule has 0 saturated carbocycles. The van der Waals surface area contributed by atoms with Crippen LogP contribution >= 0.6 is 11.6 Å². The van der Waals surface area contributed by atoms with Crippen molar-refractivity contribution in [3.63, 3.8) is 0 Å². The number of sulfonamides is 1. The van der Waals surface area contributed by atoms with Gasteiger partial charge in [0.15, 0.2) is 0 Å². The maximum Gasteiger partial charge on any atom is 0.307 e. The summed E-state index contributed by atoms with van der Waals surface area (Å²) in [6, 6.07) is 18.8. The van der Waals surface area contributed by atoms with Gasteiger partial charge >= 0.3 is 5.97 Å². The van der Waals surface area contributed by atoms with Crippen LogP contribution in [0.5, 0.6) is 5.75 Å². The van der Waals surface area contributed by atoms with Crippen molar-refractivity contribution in [3.8, 4) is 17.0 Å². The number of carboxylic acids is 1. The number of rotatable bonds is 8. The van der Waals surface area contributed by atoms with Gasteiger partial charge in [-0.1, -0.05) is 41.9 Å². The lowest BCUT2D eigenvalue weighted by atomic mass is 10.0. The normalized spacial score (nSPS) is 11.5. The molecule has 0 spiro atoms. The maximum atomic E-state index is 13.7. The molecule has 3 aromatic carbocycles. The smallest absolute Gasteiger partial charge is 0.307 e. The largest absolute Gasteiger partial charge is 0.497 e. The standard InChI is InChI=1S/C25H23ClN2O5S/c1-3-28(17-7-6-8-18(14-17)33-2)34(31,32)23-13-16(11-12-21(23)26)25-20(15-24(29)30)19-9-4-5-10-22(19)27-25/h4-14,27H,3,15H2,1-2H3,(H,29,30). The van der Waals surface area contributed by atoms with E-state index in [1.165, 1.54) is 23.5 Å². The number of aromatic amines is 1. The van der Waals surface area contributed by atoms with Crippen LogP contribution in [-0.2, 0) is 21.2 Å². The van der Waals surface area contributed by atoms with Crippen LogP contribution in [0.1, 0.15) is 12.5 Å². The van der Waals surface area contributed by atoms with Gasteiger partial charge in [-0.25, -0.2) is 8.42 Å². The zero-order valence-electron chi connectivity index (χ0n) is 18.6. The number of hydrogen-bond donors (Lipinski definition) is 2. The number of benzene rings is 3. The van der Waals surface area contributed by atoms with E-state index < -0.39 is 16.0 Å². The van der Waals surface area contributed by atoms with Crippen molar-refractivity contribution in [2.24, 2.45) is 0 Å². The number of fused-ring (bicyclic) bond motifs is 1. The fourth-order valence-electron chi connectivity index (χ4n) is 4.01. The van der Waals surface area contributed by atoms with E-state index in [-0.39, 0.29) is 22.9 Å².